The summed E-state index contributed by atoms with van der Waals surface area (Å²) in [6, 6.07) is 25.9. The third-order valence-electron chi connectivity index (χ3n) is 7.64. The maximum Gasteiger partial charge on any atom is 0.143 e. The third kappa shape index (κ3) is 10.1. The predicted octanol–water partition coefficient (Wildman–Crippen LogP) is 6.46. The van der Waals surface area contributed by atoms with E-state index in [-0.39, 0.29) is 61.6 Å². The number of ether oxygens (including phenoxy) is 5. The molecule has 3 N–H and O–H groups in total. The highest BCUT2D eigenvalue weighted by Crippen LogP contribution is 2.42. The van der Waals surface area contributed by atoms with Crippen LogP contribution in [0.1, 0.15) is 43.4 Å². The normalized spacial score (nSPS) is 24.2. The number of aliphatic hydroxyl groups is 3. The quantitative estimate of drug-likeness (QED) is 0.166. The summed E-state index contributed by atoms with van der Waals surface area (Å²) in [7, 11) is 3.30. The maximum absolute atomic E-state index is 10.5. The Bertz CT molecular complexity index is 1150. The summed E-state index contributed by atoms with van der Waals surface area (Å²) in [5, 5.41) is 28.1. The molecule has 2 heterocycles. The van der Waals surface area contributed by atoms with Gasteiger partial charge in [-0.25, -0.2) is 0 Å². The zero-order chi connectivity index (χ0) is 31.4. The molecule has 11 heteroatoms. The van der Waals surface area contributed by atoms with Gasteiger partial charge in [0.2, 0.25) is 0 Å². The summed E-state index contributed by atoms with van der Waals surface area (Å²) in [6.07, 6.45) is -0.397. The van der Waals surface area contributed by atoms with Gasteiger partial charge in [0.25, 0.3) is 0 Å². The van der Waals surface area contributed by atoms with Gasteiger partial charge in [0.05, 0.1) is 51.8 Å². The number of aliphatic hydroxyl groups excluding tert-OH is 3. The molecule has 0 bridgehead atoms. The molecule has 2 aliphatic rings. The standard InChI is InChI=1S/C27H30O5.C6H12O3.I2.HI/c1-19-17-25(28)26(32-19)18-31-27(20-7-5-4-6-8-20,21-9-13-23(29-2)14-10-21)22-11-15-24(30-3)16-12-22;1-4-2-5(8)6(3-7)9-4;1-2;/h4-16,19,25-26,28H,17-18H2,1-3H3;4-8H,2-3H2,1H3;;1H/t19-,25+,26+;4-,5+,6+;;/m00../s1. The van der Waals surface area contributed by atoms with Crippen molar-refractivity contribution < 1.29 is 39.0 Å². The second kappa shape index (κ2) is 19.8. The SMILES string of the molecule is COc1ccc(C(OC[C@H]2O[C@@H](C)C[C@H]2O)(c2ccccc2)c2ccc(OC)cc2)cc1.C[C@H]1C[C@@H](O)[C@@H](CO)O1.I.II. The van der Waals surface area contributed by atoms with E-state index >= 15 is 0 Å². The summed E-state index contributed by atoms with van der Waals surface area (Å²) in [5.41, 5.74) is 1.98. The summed E-state index contributed by atoms with van der Waals surface area (Å²) < 4.78 is 28.6. The Morgan fingerprint density at radius 1 is 0.705 bits per heavy atom. The van der Waals surface area contributed by atoms with E-state index in [1.165, 1.54) is 0 Å². The minimum atomic E-state index is -0.908. The molecule has 2 saturated heterocycles. The molecule has 5 rings (SSSR count). The molecule has 0 radical (unpaired) electrons. The van der Waals surface area contributed by atoms with Crippen molar-refractivity contribution in [2.45, 2.75) is 68.9 Å². The molecule has 0 aromatic heterocycles. The van der Waals surface area contributed by atoms with Gasteiger partial charge < -0.3 is 39.0 Å². The second-order valence-corrected chi connectivity index (χ2v) is 10.6. The van der Waals surface area contributed by atoms with Crippen LogP contribution in [0.25, 0.3) is 0 Å². The van der Waals surface area contributed by atoms with Crippen LogP contribution in [-0.4, -0.2) is 79.4 Å². The zero-order valence-electron chi connectivity index (χ0n) is 25.3. The van der Waals surface area contributed by atoms with Crippen LogP contribution >= 0.6 is 61.2 Å². The highest BCUT2D eigenvalue weighted by atomic mass is 128. The zero-order valence-corrected chi connectivity index (χ0v) is 32.0. The van der Waals surface area contributed by atoms with Gasteiger partial charge in [0, 0.05) is 50.1 Å². The van der Waals surface area contributed by atoms with Gasteiger partial charge >= 0.3 is 0 Å². The first-order chi connectivity index (χ1) is 20.8. The molecule has 0 saturated carbocycles. The van der Waals surface area contributed by atoms with Crippen molar-refractivity contribution in [1.82, 2.24) is 0 Å². The van der Waals surface area contributed by atoms with Crippen molar-refractivity contribution >= 4 is 61.2 Å². The third-order valence-corrected chi connectivity index (χ3v) is 7.64. The van der Waals surface area contributed by atoms with Gasteiger partial charge in [-0.15, -0.1) is 24.0 Å². The molecular weight excluding hydrogens is 905 g/mol. The monoisotopic (exact) mass is 948 g/mol. The molecule has 6 atom stereocenters. The van der Waals surface area contributed by atoms with Crippen LogP contribution in [0.5, 0.6) is 11.5 Å². The Morgan fingerprint density at radius 2 is 1.11 bits per heavy atom. The van der Waals surface area contributed by atoms with Crippen LogP contribution in [0.3, 0.4) is 0 Å². The smallest absolute Gasteiger partial charge is 0.143 e. The number of hydrogen-bond donors (Lipinski definition) is 3. The van der Waals surface area contributed by atoms with Crippen LogP contribution in [0.4, 0.5) is 0 Å². The minimum Gasteiger partial charge on any atom is -0.497 e. The summed E-state index contributed by atoms with van der Waals surface area (Å²) in [4.78, 5) is 0. The van der Waals surface area contributed by atoms with E-state index in [4.69, 9.17) is 33.9 Å². The van der Waals surface area contributed by atoms with Crippen molar-refractivity contribution in [2.24, 2.45) is 0 Å². The molecule has 3 aromatic carbocycles. The van der Waals surface area contributed by atoms with Gasteiger partial charge in [-0.05, 0) is 54.8 Å². The Labute approximate surface area is 301 Å². The number of benzene rings is 3. The van der Waals surface area contributed by atoms with Crippen LogP contribution < -0.4 is 9.47 Å². The Kier molecular flexibility index (Phi) is 17.7. The van der Waals surface area contributed by atoms with Crippen LogP contribution in [0, 0.1) is 0 Å². The molecule has 44 heavy (non-hydrogen) atoms. The molecule has 0 amide bonds. The first kappa shape index (κ1) is 39.4. The van der Waals surface area contributed by atoms with E-state index in [2.05, 4.69) is 49.4 Å². The molecule has 0 unspecified atom stereocenters. The van der Waals surface area contributed by atoms with Crippen molar-refractivity contribution in [1.29, 1.82) is 0 Å². The van der Waals surface area contributed by atoms with E-state index in [1.54, 1.807) is 14.2 Å². The summed E-state index contributed by atoms with van der Waals surface area (Å²) in [5.74, 6) is 1.54. The topological polar surface area (TPSA) is 107 Å². The first-order valence-electron chi connectivity index (χ1n) is 14.2. The van der Waals surface area contributed by atoms with Crippen LogP contribution in [-0.2, 0) is 19.8 Å². The van der Waals surface area contributed by atoms with E-state index in [9.17, 15) is 5.11 Å². The largest absolute Gasteiger partial charge is 0.497 e. The number of hydrogen-bond acceptors (Lipinski definition) is 8. The molecule has 0 spiro atoms. The molecule has 0 aliphatic carbocycles. The van der Waals surface area contributed by atoms with Crippen molar-refractivity contribution in [2.75, 3.05) is 27.4 Å². The van der Waals surface area contributed by atoms with Gasteiger partial charge in [0.15, 0.2) is 0 Å². The Balaban J connectivity index is 0.000000480. The van der Waals surface area contributed by atoms with Crippen LogP contribution in [0.15, 0.2) is 78.9 Å². The Morgan fingerprint density at radius 3 is 1.45 bits per heavy atom. The lowest BCUT2D eigenvalue weighted by Gasteiger charge is -2.37. The Hall–Kier alpha value is -0.790. The fourth-order valence-electron chi connectivity index (χ4n) is 5.47. The average Bonchev–Trinajstić information content (AvgIpc) is 3.56. The average molecular weight is 948 g/mol. The van der Waals surface area contributed by atoms with Crippen molar-refractivity contribution in [3.05, 3.63) is 95.6 Å². The highest BCUT2D eigenvalue weighted by Gasteiger charge is 2.41. The number of rotatable bonds is 9. The van der Waals surface area contributed by atoms with E-state index < -0.39 is 17.8 Å². The lowest BCUT2D eigenvalue weighted by atomic mass is 9.80. The van der Waals surface area contributed by atoms with Gasteiger partial charge in [0.1, 0.15) is 29.3 Å². The fraction of sp³-hybridized carbons (Fsp3) is 0.455. The second-order valence-electron chi connectivity index (χ2n) is 10.6. The maximum atomic E-state index is 10.5. The molecule has 2 aliphatic heterocycles. The molecule has 2 fully saturated rings. The summed E-state index contributed by atoms with van der Waals surface area (Å²) in [6.45, 7) is 4.03. The summed E-state index contributed by atoms with van der Waals surface area (Å²) >= 11 is 4.24. The molecular formula is C33H43I3O8. The fourth-order valence-corrected chi connectivity index (χ4v) is 5.47. The highest BCUT2D eigenvalue weighted by molar-refractivity contribution is 15.0. The molecule has 8 nitrogen and oxygen atoms in total. The predicted molar refractivity (Wildman–Crippen MR) is 199 cm³/mol. The van der Waals surface area contributed by atoms with E-state index in [0.717, 1.165) is 28.2 Å². The lowest BCUT2D eigenvalue weighted by molar-refractivity contribution is -0.0799. The van der Waals surface area contributed by atoms with E-state index in [0.29, 0.717) is 12.8 Å². The van der Waals surface area contributed by atoms with Crippen molar-refractivity contribution in [3.8, 4) is 11.5 Å². The lowest BCUT2D eigenvalue weighted by Crippen LogP contribution is -2.38. The number of halogens is 3. The van der Waals surface area contributed by atoms with Crippen molar-refractivity contribution in [3.63, 3.8) is 0 Å². The van der Waals surface area contributed by atoms with E-state index in [1.807, 2.05) is 80.6 Å². The van der Waals surface area contributed by atoms with Gasteiger partial charge in [-0.1, -0.05) is 54.6 Å². The van der Waals surface area contributed by atoms with Gasteiger partial charge in [-0.3, -0.25) is 0 Å². The number of methoxy groups -OCH3 is 2. The van der Waals surface area contributed by atoms with Crippen LogP contribution in [0.2, 0.25) is 0 Å². The van der Waals surface area contributed by atoms with Gasteiger partial charge in [-0.2, -0.15) is 0 Å². The first-order valence-corrected chi connectivity index (χ1v) is 20.5. The molecule has 244 valence electrons. The molecule has 3 aromatic rings. The minimum absolute atomic E-state index is 0.